The van der Waals surface area contributed by atoms with Gasteiger partial charge in [-0.1, -0.05) is 0 Å². The molecule has 0 aromatic heterocycles. The number of non-ortho nitro benzene ring substituents is 1. The minimum atomic E-state index is -0.437. The van der Waals surface area contributed by atoms with Crippen molar-refractivity contribution in [3.63, 3.8) is 0 Å². The molecule has 6 nitrogen and oxygen atoms in total. The van der Waals surface area contributed by atoms with E-state index in [1.165, 1.54) is 12.1 Å². The maximum absolute atomic E-state index is 10.5. The van der Waals surface area contributed by atoms with E-state index < -0.39 is 4.92 Å². The third-order valence-corrected chi connectivity index (χ3v) is 3.04. The van der Waals surface area contributed by atoms with Gasteiger partial charge in [0.15, 0.2) is 0 Å². The molecule has 1 aliphatic rings. The molecule has 0 saturated carbocycles. The lowest BCUT2D eigenvalue weighted by Gasteiger charge is -2.23. The molecule has 18 heavy (non-hydrogen) atoms. The molecular formula is C12H16N2O4. The van der Waals surface area contributed by atoms with Gasteiger partial charge in [0, 0.05) is 24.4 Å². The molecule has 0 radical (unpaired) electrons. The molecule has 0 spiro atoms. The highest BCUT2D eigenvalue weighted by Crippen LogP contribution is 2.21. The number of aliphatic hydroxyl groups excluding tert-OH is 1. The zero-order valence-electron chi connectivity index (χ0n) is 9.91. The SMILES string of the molecule is O=[N+]([O-])c1ccc(N[C@H](CO)[C@H]2CCCO2)cc1. The van der Waals surface area contributed by atoms with Crippen LogP contribution in [0.5, 0.6) is 0 Å². The van der Waals surface area contributed by atoms with Crippen LogP contribution in [-0.4, -0.2) is 35.4 Å². The van der Waals surface area contributed by atoms with Crippen molar-refractivity contribution in [3.8, 4) is 0 Å². The third kappa shape index (κ3) is 2.96. The van der Waals surface area contributed by atoms with Crippen LogP contribution in [-0.2, 0) is 4.74 Å². The highest BCUT2D eigenvalue weighted by atomic mass is 16.6. The van der Waals surface area contributed by atoms with Gasteiger partial charge in [-0.3, -0.25) is 10.1 Å². The monoisotopic (exact) mass is 252 g/mol. The van der Waals surface area contributed by atoms with E-state index in [-0.39, 0.29) is 24.4 Å². The fourth-order valence-electron chi connectivity index (χ4n) is 2.07. The average molecular weight is 252 g/mol. The summed E-state index contributed by atoms with van der Waals surface area (Å²) < 4.78 is 5.51. The van der Waals surface area contributed by atoms with Crippen LogP contribution in [0.25, 0.3) is 0 Å². The van der Waals surface area contributed by atoms with E-state index in [1.807, 2.05) is 0 Å². The third-order valence-electron chi connectivity index (χ3n) is 3.04. The second-order valence-corrected chi connectivity index (χ2v) is 4.29. The van der Waals surface area contributed by atoms with Gasteiger partial charge in [-0.2, -0.15) is 0 Å². The summed E-state index contributed by atoms with van der Waals surface area (Å²) in [6.07, 6.45) is 1.93. The molecule has 1 saturated heterocycles. The summed E-state index contributed by atoms with van der Waals surface area (Å²) in [6, 6.07) is 5.97. The Kier molecular flexibility index (Phi) is 4.11. The number of nitro benzene ring substituents is 1. The van der Waals surface area contributed by atoms with Crippen molar-refractivity contribution in [1.82, 2.24) is 0 Å². The van der Waals surface area contributed by atoms with E-state index in [2.05, 4.69) is 5.32 Å². The Labute approximate surface area is 105 Å². The smallest absolute Gasteiger partial charge is 0.269 e. The molecule has 0 unspecified atom stereocenters. The number of hydrogen-bond donors (Lipinski definition) is 2. The van der Waals surface area contributed by atoms with Crippen LogP contribution in [0.1, 0.15) is 12.8 Å². The van der Waals surface area contributed by atoms with E-state index in [0.29, 0.717) is 0 Å². The van der Waals surface area contributed by atoms with Crippen LogP contribution >= 0.6 is 0 Å². The summed E-state index contributed by atoms with van der Waals surface area (Å²) in [5.41, 5.74) is 0.799. The van der Waals surface area contributed by atoms with Gasteiger partial charge in [-0.15, -0.1) is 0 Å². The highest BCUT2D eigenvalue weighted by molar-refractivity contribution is 5.49. The number of nitrogens with one attached hydrogen (secondary N) is 1. The quantitative estimate of drug-likeness (QED) is 0.613. The van der Waals surface area contributed by atoms with Gasteiger partial charge in [0.05, 0.1) is 23.7 Å². The van der Waals surface area contributed by atoms with E-state index in [4.69, 9.17) is 4.74 Å². The average Bonchev–Trinajstić information content (AvgIpc) is 2.90. The van der Waals surface area contributed by atoms with Crippen molar-refractivity contribution in [2.45, 2.75) is 25.0 Å². The number of ether oxygens (including phenoxy) is 1. The van der Waals surface area contributed by atoms with Gasteiger partial charge >= 0.3 is 0 Å². The predicted molar refractivity (Wildman–Crippen MR) is 66.6 cm³/mol. The Morgan fingerprint density at radius 3 is 2.72 bits per heavy atom. The fraction of sp³-hybridized carbons (Fsp3) is 0.500. The number of hydrogen-bond acceptors (Lipinski definition) is 5. The van der Waals surface area contributed by atoms with E-state index in [0.717, 1.165) is 25.1 Å². The molecule has 2 atom stereocenters. The van der Waals surface area contributed by atoms with Crippen LogP contribution in [0.4, 0.5) is 11.4 Å². The molecule has 0 bridgehead atoms. The summed E-state index contributed by atoms with van der Waals surface area (Å²) in [7, 11) is 0. The first-order valence-corrected chi connectivity index (χ1v) is 5.94. The topological polar surface area (TPSA) is 84.6 Å². The second-order valence-electron chi connectivity index (χ2n) is 4.29. The Hall–Kier alpha value is -1.66. The number of benzene rings is 1. The van der Waals surface area contributed by atoms with E-state index in [9.17, 15) is 15.2 Å². The molecule has 6 heteroatoms. The van der Waals surface area contributed by atoms with Gasteiger partial charge < -0.3 is 15.2 Å². The van der Waals surface area contributed by atoms with Crippen molar-refractivity contribution in [2.24, 2.45) is 0 Å². The molecule has 1 aliphatic heterocycles. The summed E-state index contributed by atoms with van der Waals surface area (Å²) in [5.74, 6) is 0. The molecular weight excluding hydrogens is 236 g/mol. The van der Waals surface area contributed by atoms with Gasteiger partial charge in [-0.25, -0.2) is 0 Å². The molecule has 0 aliphatic carbocycles. The fourth-order valence-corrected chi connectivity index (χ4v) is 2.07. The van der Waals surface area contributed by atoms with Crippen molar-refractivity contribution < 1.29 is 14.8 Å². The molecule has 0 amide bonds. The number of aliphatic hydroxyl groups is 1. The zero-order chi connectivity index (χ0) is 13.0. The summed E-state index contributed by atoms with van der Waals surface area (Å²) in [4.78, 5) is 10.1. The summed E-state index contributed by atoms with van der Waals surface area (Å²) in [6.45, 7) is 0.699. The normalized spacial score (nSPS) is 20.6. The Bertz CT molecular complexity index is 401. The van der Waals surface area contributed by atoms with Crippen LogP contribution in [0.2, 0.25) is 0 Å². The molecule has 1 heterocycles. The Morgan fingerprint density at radius 2 is 2.22 bits per heavy atom. The summed E-state index contributed by atoms with van der Waals surface area (Å²) >= 11 is 0. The van der Waals surface area contributed by atoms with Crippen LogP contribution < -0.4 is 5.32 Å². The number of rotatable bonds is 5. The van der Waals surface area contributed by atoms with Crippen LogP contribution in [0, 0.1) is 10.1 Å². The largest absolute Gasteiger partial charge is 0.394 e. The molecule has 1 aromatic carbocycles. The lowest BCUT2D eigenvalue weighted by molar-refractivity contribution is -0.384. The van der Waals surface area contributed by atoms with Crippen molar-refractivity contribution in [3.05, 3.63) is 34.4 Å². The van der Waals surface area contributed by atoms with Gasteiger partial charge in [0.1, 0.15) is 0 Å². The van der Waals surface area contributed by atoms with Crippen molar-refractivity contribution in [1.29, 1.82) is 0 Å². The maximum atomic E-state index is 10.5. The molecule has 1 fully saturated rings. The highest BCUT2D eigenvalue weighted by Gasteiger charge is 2.25. The molecule has 2 N–H and O–H groups in total. The van der Waals surface area contributed by atoms with E-state index >= 15 is 0 Å². The van der Waals surface area contributed by atoms with E-state index in [1.54, 1.807) is 12.1 Å². The second kappa shape index (κ2) is 5.79. The minimum absolute atomic E-state index is 0.00481. The first kappa shape index (κ1) is 12.8. The first-order valence-electron chi connectivity index (χ1n) is 5.94. The van der Waals surface area contributed by atoms with Crippen molar-refractivity contribution >= 4 is 11.4 Å². The lowest BCUT2D eigenvalue weighted by Crippen LogP contribution is -2.36. The molecule has 1 aromatic rings. The number of nitrogens with zero attached hydrogens (tertiary/aromatic N) is 1. The lowest BCUT2D eigenvalue weighted by atomic mass is 10.1. The van der Waals surface area contributed by atoms with Gasteiger partial charge in [0.2, 0.25) is 0 Å². The van der Waals surface area contributed by atoms with Crippen LogP contribution in [0.3, 0.4) is 0 Å². The molecule has 98 valence electrons. The maximum Gasteiger partial charge on any atom is 0.269 e. The summed E-state index contributed by atoms with van der Waals surface area (Å²) in [5, 5.41) is 23.0. The minimum Gasteiger partial charge on any atom is -0.394 e. The van der Waals surface area contributed by atoms with Gasteiger partial charge in [-0.05, 0) is 25.0 Å². The van der Waals surface area contributed by atoms with Crippen molar-refractivity contribution in [2.75, 3.05) is 18.5 Å². The first-order chi connectivity index (χ1) is 8.70. The number of anilines is 1. The Morgan fingerprint density at radius 1 is 1.50 bits per heavy atom. The zero-order valence-corrected chi connectivity index (χ0v) is 9.91. The number of nitro groups is 1. The van der Waals surface area contributed by atoms with Crippen LogP contribution in [0.15, 0.2) is 24.3 Å². The standard InChI is InChI=1S/C12H16N2O4/c15-8-11(12-2-1-7-18-12)13-9-3-5-10(6-4-9)14(16)17/h3-6,11-13,15H,1-2,7-8H2/t11-,12-/m1/s1. The Balaban J connectivity index is 2.00. The van der Waals surface area contributed by atoms with Gasteiger partial charge in [0.25, 0.3) is 5.69 Å². The molecule has 2 rings (SSSR count). The predicted octanol–water partition coefficient (Wildman–Crippen LogP) is 1.55.